The van der Waals surface area contributed by atoms with E-state index in [0.717, 1.165) is 5.56 Å². The second-order valence-electron chi connectivity index (χ2n) is 7.60. The Labute approximate surface area is 181 Å². The van der Waals surface area contributed by atoms with Crippen molar-refractivity contribution in [2.24, 2.45) is 5.92 Å². The maximum absolute atomic E-state index is 12.9. The van der Waals surface area contributed by atoms with E-state index in [1.807, 2.05) is 13.8 Å². The number of rotatable bonds is 10. The fraction of sp³-hybridized carbons (Fsp3) is 0.348. The van der Waals surface area contributed by atoms with Gasteiger partial charge in [-0.15, -0.1) is 0 Å². The predicted octanol–water partition coefficient (Wildman–Crippen LogP) is 1.27. The maximum Gasteiger partial charge on any atom is 0.251 e. The highest BCUT2D eigenvalue weighted by Gasteiger charge is 2.26. The van der Waals surface area contributed by atoms with Crippen LogP contribution in [0.25, 0.3) is 0 Å². The number of pyridine rings is 1. The summed E-state index contributed by atoms with van der Waals surface area (Å²) in [4.78, 5) is 53.0. The molecule has 0 unspecified atom stereocenters. The minimum atomic E-state index is -0.905. The first-order valence-electron chi connectivity index (χ1n) is 10.1. The Hall–Kier alpha value is -3.55. The minimum Gasteiger partial charge on any atom is -0.345 e. The predicted molar refractivity (Wildman–Crippen MR) is 116 cm³/mol. The van der Waals surface area contributed by atoms with E-state index in [-0.39, 0.29) is 12.3 Å². The lowest BCUT2D eigenvalue weighted by Gasteiger charge is -2.23. The van der Waals surface area contributed by atoms with Crippen LogP contribution in [-0.4, -0.2) is 47.1 Å². The van der Waals surface area contributed by atoms with E-state index >= 15 is 0 Å². The number of hydrogen-bond acceptors (Lipinski definition) is 5. The number of benzene rings is 1. The first kappa shape index (κ1) is 23.7. The molecule has 31 heavy (non-hydrogen) atoms. The molecule has 164 valence electrons. The molecule has 0 aliphatic carbocycles. The minimum absolute atomic E-state index is 0.0750. The summed E-state index contributed by atoms with van der Waals surface area (Å²) in [5, 5.41) is 7.97. The summed E-state index contributed by atoms with van der Waals surface area (Å²) >= 11 is 0. The lowest BCUT2D eigenvalue weighted by Crippen LogP contribution is -2.55. The van der Waals surface area contributed by atoms with Gasteiger partial charge in [0.25, 0.3) is 5.91 Å². The van der Waals surface area contributed by atoms with E-state index in [2.05, 4.69) is 20.9 Å². The molecule has 0 fully saturated rings. The van der Waals surface area contributed by atoms with E-state index in [9.17, 15) is 19.2 Å². The van der Waals surface area contributed by atoms with Gasteiger partial charge in [0.2, 0.25) is 11.8 Å². The number of nitrogens with zero attached hydrogens (tertiary/aromatic N) is 1. The summed E-state index contributed by atoms with van der Waals surface area (Å²) in [5.41, 5.74) is 1.23. The maximum atomic E-state index is 12.9. The third-order valence-electron chi connectivity index (χ3n) is 4.77. The molecule has 3 N–H and O–H groups in total. The van der Waals surface area contributed by atoms with Crippen molar-refractivity contribution in [3.63, 3.8) is 0 Å². The van der Waals surface area contributed by atoms with E-state index < -0.39 is 35.8 Å². The first-order chi connectivity index (χ1) is 14.8. The smallest absolute Gasteiger partial charge is 0.251 e. The molecule has 0 radical (unpaired) electrons. The standard InChI is InChI=1S/C23H28N4O4/c1-15(2)20(14-28)27-21(29)16(3)25-23(31)19(13-17-9-11-24-12-10-17)26-22(30)18-7-5-4-6-8-18/h4-12,14-16,19-20H,13H2,1-3H3,(H,25,31)(H,26,30)(H,27,29)/t16-,19+,20+/m0/s1. The SMILES string of the molecule is CC(C)[C@@H](C=O)NC(=O)[C@H](C)NC(=O)[C@@H](Cc1ccncc1)NC(=O)c1ccccc1. The number of hydrogen-bond donors (Lipinski definition) is 3. The van der Waals surface area contributed by atoms with Crippen LogP contribution in [0.15, 0.2) is 54.9 Å². The Morgan fingerprint density at radius 3 is 2.13 bits per heavy atom. The van der Waals surface area contributed by atoms with Gasteiger partial charge in [-0.1, -0.05) is 32.0 Å². The second-order valence-corrected chi connectivity index (χ2v) is 7.60. The summed E-state index contributed by atoms with van der Waals surface area (Å²) in [6.45, 7) is 5.15. The van der Waals surface area contributed by atoms with Crippen LogP contribution >= 0.6 is 0 Å². The molecule has 0 saturated heterocycles. The van der Waals surface area contributed by atoms with Gasteiger partial charge in [-0.25, -0.2) is 0 Å². The fourth-order valence-corrected chi connectivity index (χ4v) is 2.82. The summed E-state index contributed by atoms with van der Waals surface area (Å²) in [6.07, 6.45) is 4.10. The monoisotopic (exact) mass is 424 g/mol. The van der Waals surface area contributed by atoms with Gasteiger partial charge in [0.1, 0.15) is 18.4 Å². The van der Waals surface area contributed by atoms with Gasteiger partial charge in [0, 0.05) is 24.4 Å². The molecule has 0 spiro atoms. The Kier molecular flexibility index (Phi) is 8.87. The highest BCUT2D eigenvalue weighted by Crippen LogP contribution is 2.06. The Morgan fingerprint density at radius 1 is 0.903 bits per heavy atom. The number of amides is 3. The molecule has 1 aromatic heterocycles. The molecular formula is C23H28N4O4. The molecule has 2 rings (SSSR count). The second kappa shape index (κ2) is 11.6. The van der Waals surface area contributed by atoms with Crippen LogP contribution in [0, 0.1) is 5.92 Å². The van der Waals surface area contributed by atoms with Crippen LogP contribution in [-0.2, 0) is 20.8 Å². The topological polar surface area (TPSA) is 117 Å². The Balaban J connectivity index is 2.10. The molecule has 3 atom stereocenters. The lowest BCUT2D eigenvalue weighted by atomic mass is 10.0. The van der Waals surface area contributed by atoms with Crippen molar-refractivity contribution in [1.82, 2.24) is 20.9 Å². The molecule has 1 aromatic carbocycles. The normalized spacial score (nSPS) is 13.5. The quantitative estimate of drug-likeness (QED) is 0.497. The Morgan fingerprint density at radius 2 is 1.55 bits per heavy atom. The fourth-order valence-electron chi connectivity index (χ4n) is 2.82. The van der Waals surface area contributed by atoms with E-state index in [1.165, 1.54) is 6.92 Å². The zero-order valence-corrected chi connectivity index (χ0v) is 17.9. The van der Waals surface area contributed by atoms with Crippen LogP contribution in [0.1, 0.15) is 36.7 Å². The van der Waals surface area contributed by atoms with Gasteiger partial charge in [0.15, 0.2) is 0 Å². The van der Waals surface area contributed by atoms with Crippen molar-refractivity contribution in [3.8, 4) is 0 Å². The largest absolute Gasteiger partial charge is 0.345 e. The molecule has 1 heterocycles. The van der Waals surface area contributed by atoms with Crippen molar-refractivity contribution in [2.75, 3.05) is 0 Å². The molecule has 0 aliphatic heterocycles. The molecular weight excluding hydrogens is 396 g/mol. The zero-order chi connectivity index (χ0) is 22.8. The summed E-state index contributed by atoms with van der Waals surface area (Å²) in [5.74, 6) is -1.45. The number of carbonyl (C=O) groups excluding carboxylic acids is 4. The number of nitrogens with one attached hydrogen (secondary N) is 3. The van der Waals surface area contributed by atoms with Gasteiger partial charge in [-0.2, -0.15) is 0 Å². The molecule has 0 saturated carbocycles. The van der Waals surface area contributed by atoms with Gasteiger partial charge >= 0.3 is 0 Å². The summed E-state index contributed by atoms with van der Waals surface area (Å²) in [6, 6.07) is 9.63. The van der Waals surface area contributed by atoms with Crippen LogP contribution in [0.4, 0.5) is 0 Å². The number of aldehydes is 1. The van der Waals surface area contributed by atoms with Gasteiger partial charge in [-0.05, 0) is 42.7 Å². The van der Waals surface area contributed by atoms with Crippen molar-refractivity contribution in [3.05, 3.63) is 66.0 Å². The molecule has 0 bridgehead atoms. The summed E-state index contributed by atoms with van der Waals surface area (Å²) in [7, 11) is 0. The first-order valence-corrected chi connectivity index (χ1v) is 10.1. The third-order valence-corrected chi connectivity index (χ3v) is 4.77. The van der Waals surface area contributed by atoms with Gasteiger partial charge < -0.3 is 20.7 Å². The lowest BCUT2D eigenvalue weighted by molar-refractivity contribution is -0.130. The molecule has 2 aromatic rings. The van der Waals surface area contributed by atoms with Crippen molar-refractivity contribution >= 4 is 24.0 Å². The van der Waals surface area contributed by atoms with E-state index in [1.54, 1.807) is 54.9 Å². The van der Waals surface area contributed by atoms with Gasteiger partial charge in [-0.3, -0.25) is 19.4 Å². The van der Waals surface area contributed by atoms with E-state index in [0.29, 0.717) is 11.8 Å². The van der Waals surface area contributed by atoms with Crippen LogP contribution in [0.3, 0.4) is 0 Å². The highest BCUT2D eigenvalue weighted by molar-refractivity contribution is 5.98. The molecule has 0 aliphatic rings. The summed E-state index contributed by atoms with van der Waals surface area (Å²) < 4.78 is 0. The molecule has 8 heteroatoms. The van der Waals surface area contributed by atoms with Crippen molar-refractivity contribution < 1.29 is 19.2 Å². The van der Waals surface area contributed by atoms with Crippen molar-refractivity contribution in [1.29, 1.82) is 0 Å². The number of aromatic nitrogens is 1. The molecule has 8 nitrogen and oxygen atoms in total. The highest BCUT2D eigenvalue weighted by atomic mass is 16.2. The third kappa shape index (κ3) is 7.33. The number of carbonyl (C=O) groups is 4. The van der Waals surface area contributed by atoms with Gasteiger partial charge in [0.05, 0.1) is 6.04 Å². The Bertz CT molecular complexity index is 887. The zero-order valence-electron chi connectivity index (χ0n) is 17.9. The van der Waals surface area contributed by atoms with Crippen LogP contribution in [0.2, 0.25) is 0 Å². The van der Waals surface area contributed by atoms with Crippen LogP contribution < -0.4 is 16.0 Å². The van der Waals surface area contributed by atoms with Crippen LogP contribution in [0.5, 0.6) is 0 Å². The average Bonchev–Trinajstić information content (AvgIpc) is 2.77. The van der Waals surface area contributed by atoms with E-state index in [4.69, 9.17) is 0 Å². The van der Waals surface area contributed by atoms with Crippen molar-refractivity contribution in [2.45, 2.75) is 45.3 Å². The molecule has 3 amide bonds. The average molecular weight is 425 g/mol.